The first-order valence-electron chi connectivity index (χ1n) is 8.87. The van der Waals surface area contributed by atoms with Gasteiger partial charge in [-0.3, -0.25) is 9.59 Å². The summed E-state index contributed by atoms with van der Waals surface area (Å²) < 4.78 is 0. The molecule has 2 atom stereocenters. The smallest absolute Gasteiger partial charge is 0.322 e. The number of hydrogen-bond donors (Lipinski definition) is 5. The molecule has 1 aliphatic rings. The van der Waals surface area contributed by atoms with E-state index in [9.17, 15) is 9.59 Å². The molecule has 27 heavy (non-hydrogen) atoms. The molecule has 2 unspecified atom stereocenters. The zero-order valence-corrected chi connectivity index (χ0v) is 15.7. The second-order valence-electron chi connectivity index (χ2n) is 6.58. The number of nitrogens with one attached hydrogen (secondary N) is 3. The van der Waals surface area contributed by atoms with E-state index in [0.29, 0.717) is 16.9 Å². The largest absolute Gasteiger partial charge is 0.480 e. The molecule has 1 fully saturated rings. The Morgan fingerprint density at radius 1 is 1.19 bits per heavy atom. The second-order valence-corrected chi connectivity index (χ2v) is 7.31. The Morgan fingerprint density at radius 3 is 2.63 bits per heavy atom. The van der Waals surface area contributed by atoms with E-state index >= 15 is 0 Å². The molecule has 0 spiro atoms. The van der Waals surface area contributed by atoms with Gasteiger partial charge in [0.15, 0.2) is 0 Å². The van der Waals surface area contributed by atoms with Crippen LogP contribution in [0.5, 0.6) is 0 Å². The van der Waals surface area contributed by atoms with Crippen molar-refractivity contribution in [2.45, 2.75) is 17.7 Å². The summed E-state index contributed by atoms with van der Waals surface area (Å²) in [7, 11) is 0. The number of thiol groups is 1. The number of carboxylic acid groups (broad SMARTS) is 1. The maximum atomic E-state index is 12.4. The molecular formula is C20H23N3O3S. The van der Waals surface area contributed by atoms with Crippen LogP contribution >= 0.6 is 12.6 Å². The maximum absolute atomic E-state index is 12.4. The van der Waals surface area contributed by atoms with E-state index in [1.165, 1.54) is 0 Å². The number of anilines is 1. The first-order valence-corrected chi connectivity index (χ1v) is 9.39. The van der Waals surface area contributed by atoms with Gasteiger partial charge in [-0.15, -0.1) is 0 Å². The van der Waals surface area contributed by atoms with Crippen molar-refractivity contribution in [1.29, 1.82) is 0 Å². The topological polar surface area (TPSA) is 90.5 Å². The van der Waals surface area contributed by atoms with Gasteiger partial charge in [0.2, 0.25) is 0 Å². The lowest BCUT2D eigenvalue weighted by Crippen LogP contribution is -2.30. The third-order valence-corrected chi connectivity index (χ3v) is 4.89. The lowest BCUT2D eigenvalue weighted by Gasteiger charge is -2.16. The zero-order chi connectivity index (χ0) is 19.2. The first kappa shape index (κ1) is 19.3. The summed E-state index contributed by atoms with van der Waals surface area (Å²) in [5.41, 5.74) is 3.02. The minimum atomic E-state index is -1.07. The van der Waals surface area contributed by atoms with Gasteiger partial charge in [0.25, 0.3) is 5.91 Å². The van der Waals surface area contributed by atoms with E-state index in [4.69, 9.17) is 5.11 Å². The molecule has 4 N–H and O–H groups in total. The number of carbonyl (C=O) groups excluding carboxylic acids is 1. The molecule has 3 rings (SSSR count). The highest BCUT2D eigenvalue weighted by atomic mass is 32.1. The highest BCUT2D eigenvalue weighted by Gasteiger charge is 2.21. The molecule has 2 aromatic rings. The van der Waals surface area contributed by atoms with Crippen molar-refractivity contribution in [2.75, 3.05) is 25.0 Å². The molecule has 142 valence electrons. The van der Waals surface area contributed by atoms with Gasteiger partial charge in [-0.25, -0.2) is 0 Å². The predicted molar refractivity (Wildman–Crippen MR) is 110 cm³/mol. The third kappa shape index (κ3) is 5.24. The van der Waals surface area contributed by atoms with Gasteiger partial charge in [0, 0.05) is 35.6 Å². The quantitative estimate of drug-likeness (QED) is 0.472. The molecule has 1 heterocycles. The van der Waals surface area contributed by atoms with Gasteiger partial charge >= 0.3 is 5.97 Å². The molecule has 2 aromatic carbocycles. The van der Waals surface area contributed by atoms with Crippen molar-refractivity contribution < 1.29 is 14.7 Å². The molecule has 1 amide bonds. The van der Waals surface area contributed by atoms with E-state index in [1.54, 1.807) is 6.07 Å². The van der Waals surface area contributed by atoms with E-state index < -0.39 is 18.4 Å². The molecule has 1 aliphatic heterocycles. The van der Waals surface area contributed by atoms with Gasteiger partial charge in [-0.1, -0.05) is 30.3 Å². The van der Waals surface area contributed by atoms with Crippen molar-refractivity contribution in [3.05, 3.63) is 54.1 Å². The molecule has 0 aliphatic carbocycles. The summed E-state index contributed by atoms with van der Waals surface area (Å²) in [4.78, 5) is 23.2. The van der Waals surface area contributed by atoms with Crippen molar-refractivity contribution in [3.63, 3.8) is 0 Å². The molecule has 6 nitrogen and oxygen atoms in total. The van der Waals surface area contributed by atoms with Crippen LogP contribution in [0, 0.1) is 0 Å². The van der Waals surface area contributed by atoms with Crippen molar-refractivity contribution in [1.82, 2.24) is 10.6 Å². The highest BCUT2D eigenvalue weighted by Crippen LogP contribution is 2.27. The third-order valence-electron chi connectivity index (χ3n) is 4.50. The number of carbonyl (C=O) groups is 2. The first-order chi connectivity index (χ1) is 13.0. The number of hydrogen-bond acceptors (Lipinski definition) is 5. The van der Waals surface area contributed by atoms with Crippen LogP contribution in [-0.2, 0) is 4.79 Å². The van der Waals surface area contributed by atoms with Crippen LogP contribution in [0.2, 0.25) is 0 Å². The van der Waals surface area contributed by atoms with Crippen molar-refractivity contribution in [3.8, 4) is 11.1 Å². The lowest BCUT2D eigenvalue weighted by molar-refractivity contribution is -0.135. The van der Waals surface area contributed by atoms with E-state index in [2.05, 4.69) is 28.6 Å². The average molecular weight is 385 g/mol. The molecular weight excluding hydrogens is 362 g/mol. The lowest BCUT2D eigenvalue weighted by atomic mass is 9.98. The Labute approximate surface area is 163 Å². The Kier molecular flexibility index (Phi) is 6.36. The number of carboxylic acids is 1. The van der Waals surface area contributed by atoms with Gasteiger partial charge in [0.05, 0.1) is 0 Å². The van der Waals surface area contributed by atoms with Crippen LogP contribution in [0.4, 0.5) is 5.69 Å². The molecule has 0 radical (unpaired) electrons. The van der Waals surface area contributed by atoms with Gasteiger partial charge in [0.1, 0.15) is 6.54 Å². The summed E-state index contributed by atoms with van der Waals surface area (Å²) in [5.74, 6) is -1.48. The fourth-order valence-corrected chi connectivity index (χ4v) is 3.51. The van der Waals surface area contributed by atoms with Gasteiger partial charge < -0.3 is 21.1 Å². The molecule has 1 saturated heterocycles. The maximum Gasteiger partial charge on any atom is 0.322 e. The number of aliphatic carboxylic acids is 1. The second kappa shape index (κ2) is 8.92. The van der Waals surface area contributed by atoms with Crippen molar-refractivity contribution >= 4 is 30.2 Å². The van der Waals surface area contributed by atoms with Crippen LogP contribution < -0.4 is 16.0 Å². The minimum absolute atomic E-state index is 0.367. The molecule has 0 saturated carbocycles. The fraction of sp³-hybridized carbons (Fsp3) is 0.300. The zero-order valence-electron chi connectivity index (χ0n) is 14.8. The van der Waals surface area contributed by atoms with Crippen LogP contribution in [0.1, 0.15) is 16.8 Å². The number of amides is 1. The van der Waals surface area contributed by atoms with E-state index in [-0.39, 0.29) is 0 Å². The van der Waals surface area contributed by atoms with Crippen molar-refractivity contribution in [2.24, 2.45) is 0 Å². The highest BCUT2D eigenvalue weighted by molar-refractivity contribution is 7.81. The van der Waals surface area contributed by atoms with Crippen LogP contribution in [0.15, 0.2) is 48.5 Å². The summed E-state index contributed by atoms with van der Waals surface area (Å²) in [6.45, 7) is 1.27. The summed E-state index contributed by atoms with van der Waals surface area (Å²) in [5, 5.41) is 18.4. The van der Waals surface area contributed by atoms with Gasteiger partial charge in [-0.05, 0) is 35.7 Å². The van der Waals surface area contributed by atoms with Crippen LogP contribution in [0.25, 0.3) is 11.1 Å². The minimum Gasteiger partial charge on any atom is -0.480 e. The SMILES string of the molecule is O=C(O)CNC(=O)c1ccc(NCC2CC(S)CN2)cc1-c1ccccc1. The average Bonchev–Trinajstić information content (AvgIpc) is 3.10. The normalized spacial score (nSPS) is 18.9. The Hall–Kier alpha value is -2.51. The number of benzene rings is 2. The fourth-order valence-electron chi connectivity index (χ4n) is 3.15. The summed E-state index contributed by atoms with van der Waals surface area (Å²) in [6.07, 6.45) is 1.01. The van der Waals surface area contributed by atoms with E-state index in [1.807, 2.05) is 42.5 Å². The Balaban J connectivity index is 1.81. The summed E-state index contributed by atoms with van der Waals surface area (Å²) in [6, 6.07) is 15.4. The van der Waals surface area contributed by atoms with Crippen LogP contribution in [-0.4, -0.2) is 47.9 Å². The number of rotatable bonds is 7. The molecule has 0 bridgehead atoms. The Morgan fingerprint density at radius 2 is 1.96 bits per heavy atom. The van der Waals surface area contributed by atoms with E-state index in [0.717, 1.165) is 36.3 Å². The van der Waals surface area contributed by atoms with Gasteiger partial charge in [-0.2, -0.15) is 12.6 Å². The molecule has 7 heteroatoms. The van der Waals surface area contributed by atoms with Crippen LogP contribution in [0.3, 0.4) is 0 Å². The monoisotopic (exact) mass is 385 g/mol. The summed E-state index contributed by atoms with van der Waals surface area (Å²) >= 11 is 4.49. The standard InChI is InChI=1S/C20H23N3O3S/c24-19(25)12-23-20(26)17-7-6-14(21-10-15-8-16(27)11-22-15)9-18(17)13-4-2-1-3-5-13/h1-7,9,15-16,21-22,27H,8,10-12H2,(H,23,26)(H,24,25). The Bertz CT molecular complexity index is 813. The predicted octanol–water partition coefficient (Wildman–Crippen LogP) is 2.24. The molecule has 0 aromatic heterocycles.